The van der Waals surface area contributed by atoms with Crippen molar-refractivity contribution in [2.75, 3.05) is 25.5 Å². The molecule has 0 aromatic heterocycles. The molecule has 2 rings (SSSR count). The molecule has 2 heteroatoms. The molecule has 1 aliphatic rings. The summed E-state index contributed by atoms with van der Waals surface area (Å²) in [6.07, 6.45) is 2.46. The van der Waals surface area contributed by atoms with Crippen molar-refractivity contribution in [1.29, 1.82) is 0 Å². The molecule has 0 N–H and O–H groups in total. The molecular formula is C14H20ClN. The molecule has 0 spiro atoms. The Morgan fingerprint density at radius 3 is 2.81 bits per heavy atom. The molecule has 1 aliphatic carbocycles. The van der Waals surface area contributed by atoms with E-state index in [9.17, 15) is 0 Å². The van der Waals surface area contributed by atoms with Gasteiger partial charge in [-0.05, 0) is 30.5 Å². The van der Waals surface area contributed by atoms with Gasteiger partial charge in [-0.25, -0.2) is 0 Å². The van der Waals surface area contributed by atoms with Crippen LogP contribution in [0.4, 0.5) is 0 Å². The Kier molecular flexibility index (Phi) is 4.25. The van der Waals surface area contributed by atoms with Crippen LogP contribution in [-0.4, -0.2) is 30.4 Å². The summed E-state index contributed by atoms with van der Waals surface area (Å²) in [5.41, 5.74) is 3.09. The lowest BCUT2D eigenvalue weighted by atomic mass is 9.77. The lowest BCUT2D eigenvalue weighted by Gasteiger charge is -2.34. The average Bonchev–Trinajstić information content (AvgIpc) is 2.26. The van der Waals surface area contributed by atoms with Crippen molar-refractivity contribution < 1.29 is 0 Å². The van der Waals surface area contributed by atoms with E-state index in [0.29, 0.717) is 0 Å². The summed E-state index contributed by atoms with van der Waals surface area (Å²) in [5.74, 6) is 1.49. The van der Waals surface area contributed by atoms with E-state index in [1.54, 1.807) is 5.56 Å². The first-order valence-corrected chi connectivity index (χ1v) is 6.74. The molecule has 0 saturated heterocycles. The monoisotopic (exact) mass is 237 g/mol. The lowest BCUT2D eigenvalue weighted by Crippen LogP contribution is -2.35. The third kappa shape index (κ3) is 2.58. The summed E-state index contributed by atoms with van der Waals surface area (Å²) in [6.45, 7) is 5.60. The van der Waals surface area contributed by atoms with Crippen LogP contribution in [0.15, 0.2) is 24.3 Å². The SMILES string of the molecule is CCCN(CCCl)CC1Cc2ccccc21. The Morgan fingerprint density at radius 2 is 2.12 bits per heavy atom. The Labute approximate surface area is 103 Å². The summed E-state index contributed by atoms with van der Waals surface area (Å²) in [4.78, 5) is 2.49. The number of fused-ring (bicyclic) bond motifs is 1. The molecule has 1 aromatic carbocycles. The third-order valence-electron chi connectivity index (χ3n) is 3.38. The fourth-order valence-electron chi connectivity index (χ4n) is 2.57. The first kappa shape index (κ1) is 11.9. The van der Waals surface area contributed by atoms with E-state index in [0.717, 1.165) is 18.3 Å². The van der Waals surface area contributed by atoms with Gasteiger partial charge in [0.2, 0.25) is 0 Å². The molecule has 0 amide bonds. The summed E-state index contributed by atoms with van der Waals surface area (Å²) in [5, 5.41) is 0. The van der Waals surface area contributed by atoms with Crippen LogP contribution in [0, 0.1) is 0 Å². The zero-order valence-corrected chi connectivity index (χ0v) is 10.7. The minimum Gasteiger partial charge on any atom is -0.302 e. The van der Waals surface area contributed by atoms with E-state index >= 15 is 0 Å². The predicted octanol–water partition coefficient (Wildman–Crippen LogP) is 3.28. The van der Waals surface area contributed by atoms with E-state index in [4.69, 9.17) is 11.6 Å². The number of benzene rings is 1. The Balaban J connectivity index is 1.91. The molecule has 1 nitrogen and oxygen atoms in total. The number of nitrogens with zero attached hydrogens (tertiary/aromatic N) is 1. The maximum absolute atomic E-state index is 5.84. The van der Waals surface area contributed by atoms with Crippen molar-refractivity contribution in [2.24, 2.45) is 0 Å². The first-order valence-electron chi connectivity index (χ1n) is 6.21. The summed E-state index contributed by atoms with van der Waals surface area (Å²) >= 11 is 5.84. The second kappa shape index (κ2) is 5.70. The van der Waals surface area contributed by atoms with Gasteiger partial charge in [0.15, 0.2) is 0 Å². The van der Waals surface area contributed by atoms with Gasteiger partial charge in [-0.1, -0.05) is 31.2 Å². The molecule has 1 atom stereocenters. The summed E-state index contributed by atoms with van der Waals surface area (Å²) < 4.78 is 0. The molecule has 0 saturated carbocycles. The second-order valence-electron chi connectivity index (χ2n) is 4.59. The molecule has 0 heterocycles. The van der Waals surface area contributed by atoms with Gasteiger partial charge in [-0.15, -0.1) is 11.6 Å². The van der Waals surface area contributed by atoms with Crippen molar-refractivity contribution in [1.82, 2.24) is 4.90 Å². The van der Waals surface area contributed by atoms with Crippen LogP contribution >= 0.6 is 11.6 Å². The Bertz CT molecular complexity index is 331. The minimum absolute atomic E-state index is 0.742. The molecule has 0 fully saturated rings. The van der Waals surface area contributed by atoms with E-state index in [1.165, 1.54) is 31.5 Å². The Morgan fingerprint density at radius 1 is 1.31 bits per heavy atom. The van der Waals surface area contributed by atoms with Gasteiger partial charge in [-0.2, -0.15) is 0 Å². The van der Waals surface area contributed by atoms with Crippen molar-refractivity contribution in [3.63, 3.8) is 0 Å². The lowest BCUT2D eigenvalue weighted by molar-refractivity contribution is 0.262. The molecule has 0 aliphatic heterocycles. The fraction of sp³-hybridized carbons (Fsp3) is 0.571. The zero-order chi connectivity index (χ0) is 11.4. The topological polar surface area (TPSA) is 3.24 Å². The van der Waals surface area contributed by atoms with E-state index in [1.807, 2.05) is 0 Å². The Hall–Kier alpha value is -0.530. The largest absolute Gasteiger partial charge is 0.302 e. The number of rotatable bonds is 6. The van der Waals surface area contributed by atoms with Gasteiger partial charge in [-0.3, -0.25) is 0 Å². The molecular weight excluding hydrogens is 218 g/mol. The molecule has 0 radical (unpaired) electrons. The predicted molar refractivity (Wildman–Crippen MR) is 70.3 cm³/mol. The van der Waals surface area contributed by atoms with Gasteiger partial charge in [0.1, 0.15) is 0 Å². The van der Waals surface area contributed by atoms with Crippen molar-refractivity contribution in [3.8, 4) is 0 Å². The van der Waals surface area contributed by atoms with Crippen LogP contribution in [0.2, 0.25) is 0 Å². The third-order valence-corrected chi connectivity index (χ3v) is 3.55. The number of hydrogen-bond acceptors (Lipinski definition) is 1. The van der Waals surface area contributed by atoms with Gasteiger partial charge in [0, 0.05) is 24.9 Å². The summed E-state index contributed by atoms with van der Waals surface area (Å²) in [7, 11) is 0. The highest BCUT2D eigenvalue weighted by atomic mass is 35.5. The van der Waals surface area contributed by atoms with Crippen LogP contribution in [0.1, 0.15) is 30.4 Å². The van der Waals surface area contributed by atoms with E-state index < -0.39 is 0 Å². The van der Waals surface area contributed by atoms with Crippen LogP contribution in [-0.2, 0) is 6.42 Å². The maximum atomic E-state index is 5.84. The van der Waals surface area contributed by atoms with Gasteiger partial charge in [0.25, 0.3) is 0 Å². The average molecular weight is 238 g/mol. The normalized spacial score (nSPS) is 18.3. The second-order valence-corrected chi connectivity index (χ2v) is 4.97. The first-order chi connectivity index (χ1) is 7.85. The minimum atomic E-state index is 0.742. The highest BCUT2D eigenvalue weighted by Gasteiger charge is 2.26. The van der Waals surface area contributed by atoms with Gasteiger partial charge in [0.05, 0.1) is 0 Å². The highest BCUT2D eigenvalue weighted by molar-refractivity contribution is 6.18. The van der Waals surface area contributed by atoms with Crippen LogP contribution in [0.25, 0.3) is 0 Å². The van der Waals surface area contributed by atoms with Crippen molar-refractivity contribution in [2.45, 2.75) is 25.7 Å². The molecule has 1 aromatic rings. The van der Waals surface area contributed by atoms with E-state index in [2.05, 4.69) is 36.1 Å². The van der Waals surface area contributed by atoms with Crippen LogP contribution in [0.3, 0.4) is 0 Å². The number of halogens is 1. The van der Waals surface area contributed by atoms with E-state index in [-0.39, 0.29) is 0 Å². The standard InChI is InChI=1S/C14H20ClN/c1-2-8-16(9-7-15)11-13-10-12-5-3-4-6-14(12)13/h3-6,13H,2,7-11H2,1H3. The quantitative estimate of drug-likeness (QED) is 0.687. The van der Waals surface area contributed by atoms with Crippen molar-refractivity contribution in [3.05, 3.63) is 35.4 Å². The van der Waals surface area contributed by atoms with Crippen LogP contribution < -0.4 is 0 Å². The van der Waals surface area contributed by atoms with Crippen molar-refractivity contribution >= 4 is 11.6 Å². The molecule has 16 heavy (non-hydrogen) atoms. The highest BCUT2D eigenvalue weighted by Crippen LogP contribution is 2.35. The van der Waals surface area contributed by atoms with Gasteiger partial charge >= 0.3 is 0 Å². The maximum Gasteiger partial charge on any atom is 0.0351 e. The summed E-state index contributed by atoms with van der Waals surface area (Å²) in [6, 6.07) is 8.81. The smallest absolute Gasteiger partial charge is 0.0351 e. The number of hydrogen-bond donors (Lipinski definition) is 0. The van der Waals surface area contributed by atoms with Crippen LogP contribution in [0.5, 0.6) is 0 Å². The number of alkyl halides is 1. The molecule has 88 valence electrons. The molecule has 1 unspecified atom stereocenters. The zero-order valence-electron chi connectivity index (χ0n) is 9.95. The van der Waals surface area contributed by atoms with Gasteiger partial charge < -0.3 is 4.90 Å². The molecule has 0 bridgehead atoms. The fourth-order valence-corrected chi connectivity index (χ4v) is 2.81.